The van der Waals surface area contributed by atoms with E-state index in [1.54, 1.807) is 12.1 Å². The Morgan fingerprint density at radius 3 is 1.77 bits per heavy atom. The van der Waals surface area contributed by atoms with Crippen LogP contribution in [0.15, 0.2) is 48.5 Å². The van der Waals surface area contributed by atoms with Gasteiger partial charge < -0.3 is 4.74 Å². The summed E-state index contributed by atoms with van der Waals surface area (Å²) >= 11 is 3.31. The number of rotatable bonds is 7. The third-order valence-corrected chi connectivity index (χ3v) is 11.0. The van der Waals surface area contributed by atoms with Gasteiger partial charge in [-0.15, -0.1) is 0 Å². The molecule has 0 bridgehead atoms. The van der Waals surface area contributed by atoms with Crippen LogP contribution in [0.25, 0.3) is 11.1 Å². The fraction of sp³-hybridized carbons (Fsp3) is 0.538. The van der Waals surface area contributed by atoms with Crippen LogP contribution in [0, 0.1) is 11.8 Å². The Bertz CT molecular complexity index is 739. The molecule has 1 heterocycles. The fourth-order valence-electron chi connectivity index (χ4n) is 4.17. The average Bonchev–Trinajstić information content (AvgIpc) is 2.74. The van der Waals surface area contributed by atoms with Crippen molar-refractivity contribution >= 4 is 24.7 Å². The quantitative estimate of drug-likeness (QED) is 0.267. The minimum Gasteiger partial charge on any atom is -0.435 e. The maximum absolute atomic E-state index is 12.2. The van der Waals surface area contributed by atoms with Gasteiger partial charge in [0, 0.05) is 14.1 Å². The highest BCUT2D eigenvalue weighted by Gasteiger charge is 2.23. The van der Waals surface area contributed by atoms with Gasteiger partial charge in [0.2, 0.25) is 0 Å². The van der Waals surface area contributed by atoms with E-state index < -0.39 is 15.4 Å². The maximum atomic E-state index is 12.2. The summed E-state index contributed by atoms with van der Waals surface area (Å²) < 4.78 is 28.9. The smallest absolute Gasteiger partial charge is 0.387 e. The van der Waals surface area contributed by atoms with Crippen LogP contribution in [0.4, 0.5) is 8.78 Å². The highest BCUT2D eigenvalue weighted by Crippen LogP contribution is 2.36. The van der Waals surface area contributed by atoms with Crippen LogP contribution in [-0.4, -0.2) is 20.7 Å². The van der Waals surface area contributed by atoms with Crippen LogP contribution in [-0.2, 0) is 0 Å². The van der Waals surface area contributed by atoms with Crippen molar-refractivity contribution in [2.24, 2.45) is 11.8 Å². The predicted octanol–water partition coefficient (Wildman–Crippen LogP) is 8.75. The molecule has 172 valence electrons. The van der Waals surface area contributed by atoms with Gasteiger partial charge in [-0.25, -0.2) is 0 Å². The van der Waals surface area contributed by atoms with Crippen LogP contribution in [0.5, 0.6) is 5.75 Å². The lowest BCUT2D eigenvalue weighted by Gasteiger charge is -2.29. The number of hydrogen-bond donors (Lipinski definition) is 0. The Morgan fingerprint density at radius 2 is 1.35 bits per heavy atom. The molecule has 0 N–H and O–H groups in total. The summed E-state index contributed by atoms with van der Waals surface area (Å²) in [4.78, 5) is 0. The second-order valence-corrected chi connectivity index (χ2v) is 13.4. The zero-order valence-electron chi connectivity index (χ0n) is 19.3. The highest BCUT2D eigenvalue weighted by atomic mass is 79.9. The number of hydrogen-bond acceptors (Lipinski definition) is 1. The van der Waals surface area contributed by atoms with E-state index in [1.165, 1.54) is 36.5 Å². The lowest BCUT2D eigenvalue weighted by atomic mass is 9.92. The molecular formula is C26H37BrF2OSi. The first-order valence-electron chi connectivity index (χ1n) is 11.5. The molecule has 2 aromatic carbocycles. The topological polar surface area (TPSA) is 9.23 Å². The predicted molar refractivity (Wildman–Crippen MR) is 136 cm³/mol. The van der Waals surface area contributed by atoms with Gasteiger partial charge in [-0.05, 0) is 59.4 Å². The molecule has 0 amide bonds. The summed E-state index contributed by atoms with van der Waals surface area (Å²) in [5, 5.41) is 1.12. The van der Waals surface area contributed by atoms with Crippen LogP contribution >= 0.6 is 15.9 Å². The largest absolute Gasteiger partial charge is 0.435 e. The lowest BCUT2D eigenvalue weighted by Crippen LogP contribution is -2.21. The molecule has 31 heavy (non-hydrogen) atoms. The van der Waals surface area contributed by atoms with Crippen molar-refractivity contribution in [3.05, 3.63) is 54.1 Å². The highest BCUT2D eigenvalue weighted by molar-refractivity contribution is 9.09. The Hall–Kier alpha value is -1.20. The molecule has 0 spiro atoms. The standard InChI is InChI=1S/C22H28F2OSi.C4H9Br/c1-16(2)15-26-13-11-20(12-14-26)18-5-3-17(4-6-18)19-7-9-21(10-8-19)25-22(23)24;1-4(2)3-5/h3-10,16,20,22,26H,11-15H2,1-2H3;4H,3H2,1-2H3. The minimum absolute atomic E-state index is 0.197. The fourth-order valence-corrected chi connectivity index (χ4v) is 8.02. The summed E-state index contributed by atoms with van der Waals surface area (Å²) in [6.07, 6.45) is 2.70. The van der Waals surface area contributed by atoms with Crippen molar-refractivity contribution in [3.63, 3.8) is 0 Å². The van der Waals surface area contributed by atoms with Crippen molar-refractivity contribution in [3.8, 4) is 16.9 Å². The molecule has 0 aromatic heterocycles. The molecule has 0 aliphatic carbocycles. The number of alkyl halides is 3. The van der Waals surface area contributed by atoms with Crippen molar-refractivity contribution in [2.75, 3.05) is 5.33 Å². The van der Waals surface area contributed by atoms with E-state index in [0.29, 0.717) is 5.92 Å². The molecule has 2 aromatic rings. The Balaban J connectivity index is 0.000000614. The third-order valence-electron chi connectivity index (χ3n) is 5.76. The Labute approximate surface area is 197 Å². The summed E-state index contributed by atoms with van der Waals surface area (Å²) in [6, 6.07) is 20.1. The van der Waals surface area contributed by atoms with E-state index >= 15 is 0 Å². The van der Waals surface area contributed by atoms with E-state index in [4.69, 9.17) is 0 Å². The Morgan fingerprint density at radius 1 is 0.871 bits per heavy atom. The van der Waals surface area contributed by atoms with Crippen LogP contribution in [0.3, 0.4) is 0 Å². The zero-order chi connectivity index (χ0) is 22.8. The normalized spacial score (nSPS) is 18.8. The summed E-state index contributed by atoms with van der Waals surface area (Å²) in [5.41, 5.74) is 3.58. The maximum Gasteiger partial charge on any atom is 0.387 e. The van der Waals surface area contributed by atoms with E-state index in [9.17, 15) is 8.78 Å². The van der Waals surface area contributed by atoms with Crippen molar-refractivity contribution in [2.45, 2.75) is 71.2 Å². The van der Waals surface area contributed by atoms with E-state index in [1.807, 2.05) is 12.1 Å². The molecule has 1 fully saturated rings. The van der Waals surface area contributed by atoms with Gasteiger partial charge in [0.05, 0.1) is 0 Å². The third kappa shape index (κ3) is 9.44. The number of ether oxygens (including phenoxy) is 1. The van der Waals surface area contributed by atoms with Gasteiger partial charge in [-0.1, -0.05) is 98.2 Å². The zero-order valence-corrected chi connectivity index (χ0v) is 22.0. The second-order valence-electron chi connectivity index (χ2n) is 9.42. The first-order chi connectivity index (χ1) is 14.8. The number of halogens is 3. The summed E-state index contributed by atoms with van der Waals surface area (Å²) in [5.74, 6) is 2.57. The van der Waals surface area contributed by atoms with Gasteiger partial charge >= 0.3 is 6.61 Å². The molecular weight excluding hydrogens is 474 g/mol. The van der Waals surface area contributed by atoms with Gasteiger partial charge in [0.1, 0.15) is 5.75 Å². The molecule has 0 saturated carbocycles. The van der Waals surface area contributed by atoms with Crippen molar-refractivity contribution in [1.29, 1.82) is 0 Å². The van der Waals surface area contributed by atoms with E-state index in [-0.39, 0.29) is 5.75 Å². The van der Waals surface area contributed by atoms with Gasteiger partial charge in [0.25, 0.3) is 0 Å². The van der Waals surface area contributed by atoms with E-state index in [2.05, 4.69) is 72.6 Å². The summed E-state index contributed by atoms with van der Waals surface area (Å²) in [6.45, 7) is 6.27. The molecule has 5 heteroatoms. The molecule has 1 aliphatic heterocycles. The Kier molecular flexibility index (Phi) is 11.2. The molecule has 0 atom stereocenters. The molecule has 1 saturated heterocycles. The van der Waals surface area contributed by atoms with Crippen LogP contribution < -0.4 is 4.74 Å². The molecule has 3 rings (SSSR count). The van der Waals surface area contributed by atoms with Gasteiger partial charge in [-0.2, -0.15) is 8.78 Å². The monoisotopic (exact) mass is 510 g/mol. The SMILES string of the molecule is CC(C)CBr.CC(C)C[SiH]1CCC(c2ccc(-c3ccc(OC(F)F)cc3)cc2)CC1. The first-order valence-corrected chi connectivity index (χ1v) is 15.1. The van der Waals surface area contributed by atoms with Crippen LogP contribution in [0.1, 0.15) is 52.0 Å². The van der Waals surface area contributed by atoms with Crippen LogP contribution in [0.2, 0.25) is 18.1 Å². The van der Waals surface area contributed by atoms with Gasteiger partial charge in [-0.3, -0.25) is 0 Å². The van der Waals surface area contributed by atoms with Gasteiger partial charge in [0.15, 0.2) is 0 Å². The second kappa shape index (κ2) is 13.4. The summed E-state index contributed by atoms with van der Waals surface area (Å²) in [7, 11) is -0.486. The molecule has 1 nitrogen and oxygen atoms in total. The number of benzene rings is 2. The first kappa shape index (κ1) is 26.1. The minimum atomic E-state index is -2.78. The van der Waals surface area contributed by atoms with Crippen molar-refractivity contribution in [1.82, 2.24) is 0 Å². The average molecular weight is 512 g/mol. The lowest BCUT2D eigenvalue weighted by molar-refractivity contribution is -0.0498. The molecule has 0 unspecified atom stereocenters. The molecule has 0 radical (unpaired) electrons. The molecule has 1 aliphatic rings. The van der Waals surface area contributed by atoms with E-state index in [0.717, 1.165) is 28.3 Å². The van der Waals surface area contributed by atoms with Crippen molar-refractivity contribution < 1.29 is 13.5 Å².